The van der Waals surface area contributed by atoms with E-state index in [1.54, 1.807) is 0 Å². The van der Waals surface area contributed by atoms with Gasteiger partial charge in [-0.15, -0.1) is 0 Å². The molecule has 3 rings (SSSR count). The molecule has 0 atom stereocenters. The summed E-state index contributed by atoms with van der Waals surface area (Å²) in [4.78, 5) is 10.9. The molecule has 1 aliphatic rings. The zero-order valence-corrected chi connectivity index (χ0v) is 11.9. The van der Waals surface area contributed by atoms with Crippen LogP contribution in [0.4, 0.5) is 5.69 Å². The predicted molar refractivity (Wildman–Crippen MR) is 83.6 cm³/mol. The van der Waals surface area contributed by atoms with Crippen molar-refractivity contribution in [1.29, 1.82) is 0 Å². The first-order valence-corrected chi connectivity index (χ1v) is 7.36. The van der Waals surface area contributed by atoms with Gasteiger partial charge in [-0.05, 0) is 53.6 Å². The number of carbonyl (C=O) groups is 1. The molecule has 0 saturated heterocycles. The number of benzene rings is 2. The second kappa shape index (κ2) is 6.00. The predicted octanol–water partition coefficient (Wildman–Crippen LogP) is 3.41. The number of fused-ring (bicyclic) bond motifs is 1. The third-order valence-corrected chi connectivity index (χ3v) is 4.04. The molecule has 0 bridgehead atoms. The molecule has 2 aromatic rings. The van der Waals surface area contributed by atoms with E-state index < -0.39 is 5.97 Å². The summed E-state index contributed by atoms with van der Waals surface area (Å²) in [6.07, 6.45) is 3.68. The molecule has 0 unspecified atom stereocenters. The highest BCUT2D eigenvalue weighted by Crippen LogP contribution is 2.25. The van der Waals surface area contributed by atoms with E-state index >= 15 is 0 Å². The fourth-order valence-electron chi connectivity index (χ4n) is 2.94. The standard InChI is InChI=1S/C18H19NO2/c20-18(21)11-15-4-1-2-5-16(15)12-19-17-9-8-13-6-3-7-14(13)10-17/h1-2,4-5,8-10,19H,3,6-7,11-12H2,(H,20,21). The van der Waals surface area contributed by atoms with Crippen molar-refractivity contribution in [2.75, 3.05) is 5.32 Å². The number of rotatable bonds is 5. The van der Waals surface area contributed by atoms with Crippen molar-refractivity contribution in [1.82, 2.24) is 0 Å². The molecule has 2 aromatic carbocycles. The Bertz CT molecular complexity index is 664. The third kappa shape index (κ3) is 3.24. The van der Waals surface area contributed by atoms with Gasteiger partial charge in [-0.1, -0.05) is 30.3 Å². The first kappa shape index (κ1) is 13.7. The molecule has 108 valence electrons. The minimum absolute atomic E-state index is 0.0715. The molecule has 0 heterocycles. The zero-order valence-electron chi connectivity index (χ0n) is 11.9. The van der Waals surface area contributed by atoms with Crippen LogP contribution in [0.15, 0.2) is 42.5 Å². The lowest BCUT2D eigenvalue weighted by Gasteiger charge is -2.11. The molecule has 3 heteroatoms. The maximum absolute atomic E-state index is 10.9. The van der Waals surface area contributed by atoms with Crippen LogP contribution in [0.5, 0.6) is 0 Å². The SMILES string of the molecule is O=C(O)Cc1ccccc1CNc1ccc2c(c1)CCC2. The van der Waals surface area contributed by atoms with E-state index in [2.05, 4.69) is 23.5 Å². The van der Waals surface area contributed by atoms with Crippen molar-refractivity contribution < 1.29 is 9.90 Å². The van der Waals surface area contributed by atoms with Gasteiger partial charge in [0, 0.05) is 12.2 Å². The molecule has 0 aromatic heterocycles. The van der Waals surface area contributed by atoms with E-state index in [1.807, 2.05) is 24.3 Å². The van der Waals surface area contributed by atoms with E-state index in [-0.39, 0.29) is 6.42 Å². The highest BCUT2D eigenvalue weighted by Gasteiger charge is 2.11. The number of nitrogens with one attached hydrogen (secondary N) is 1. The number of anilines is 1. The summed E-state index contributed by atoms with van der Waals surface area (Å²) in [5, 5.41) is 12.4. The number of hydrogen-bond acceptors (Lipinski definition) is 2. The molecule has 0 saturated carbocycles. The maximum Gasteiger partial charge on any atom is 0.307 e. The number of carboxylic acids is 1. The first-order valence-electron chi connectivity index (χ1n) is 7.36. The fraction of sp³-hybridized carbons (Fsp3) is 0.278. The lowest BCUT2D eigenvalue weighted by Crippen LogP contribution is -2.07. The molecule has 0 radical (unpaired) electrons. The van der Waals surface area contributed by atoms with E-state index in [0.29, 0.717) is 6.54 Å². The molecular formula is C18H19NO2. The summed E-state index contributed by atoms with van der Waals surface area (Å²) in [6.45, 7) is 0.655. The highest BCUT2D eigenvalue weighted by atomic mass is 16.4. The second-order valence-electron chi connectivity index (χ2n) is 5.53. The van der Waals surface area contributed by atoms with Crippen LogP contribution in [0.25, 0.3) is 0 Å². The highest BCUT2D eigenvalue weighted by molar-refractivity contribution is 5.70. The van der Waals surface area contributed by atoms with Crippen molar-refractivity contribution >= 4 is 11.7 Å². The first-order chi connectivity index (χ1) is 10.2. The van der Waals surface area contributed by atoms with Crippen LogP contribution in [0.3, 0.4) is 0 Å². The molecule has 1 aliphatic carbocycles. The van der Waals surface area contributed by atoms with Crippen molar-refractivity contribution in [3.05, 3.63) is 64.7 Å². The lowest BCUT2D eigenvalue weighted by atomic mass is 10.0. The number of carboxylic acid groups (broad SMARTS) is 1. The lowest BCUT2D eigenvalue weighted by molar-refractivity contribution is -0.136. The van der Waals surface area contributed by atoms with Crippen molar-refractivity contribution in [2.24, 2.45) is 0 Å². The maximum atomic E-state index is 10.9. The van der Waals surface area contributed by atoms with E-state index in [0.717, 1.165) is 16.8 Å². The molecule has 21 heavy (non-hydrogen) atoms. The fourth-order valence-corrected chi connectivity index (χ4v) is 2.94. The molecule has 0 amide bonds. The topological polar surface area (TPSA) is 49.3 Å². The van der Waals surface area contributed by atoms with Gasteiger partial charge in [0.05, 0.1) is 6.42 Å². The number of aryl methyl sites for hydroxylation is 2. The van der Waals surface area contributed by atoms with Crippen LogP contribution in [0, 0.1) is 0 Å². The summed E-state index contributed by atoms with van der Waals surface area (Å²) >= 11 is 0. The number of hydrogen-bond donors (Lipinski definition) is 2. The Morgan fingerprint density at radius 1 is 1.05 bits per heavy atom. The van der Waals surface area contributed by atoms with Crippen LogP contribution in [-0.4, -0.2) is 11.1 Å². The van der Waals surface area contributed by atoms with E-state index in [4.69, 9.17) is 5.11 Å². The van der Waals surface area contributed by atoms with Gasteiger partial charge in [0.25, 0.3) is 0 Å². The molecular weight excluding hydrogens is 262 g/mol. The average molecular weight is 281 g/mol. The van der Waals surface area contributed by atoms with Crippen LogP contribution in [-0.2, 0) is 30.6 Å². The van der Waals surface area contributed by atoms with Gasteiger partial charge in [-0.25, -0.2) is 0 Å². The van der Waals surface area contributed by atoms with Gasteiger partial charge >= 0.3 is 5.97 Å². The Morgan fingerprint density at radius 3 is 2.62 bits per heavy atom. The van der Waals surface area contributed by atoms with Gasteiger partial charge < -0.3 is 10.4 Å². The molecule has 0 aliphatic heterocycles. The van der Waals surface area contributed by atoms with Crippen LogP contribution in [0.2, 0.25) is 0 Å². The average Bonchev–Trinajstić information content (AvgIpc) is 2.93. The summed E-state index contributed by atoms with van der Waals surface area (Å²) in [6, 6.07) is 14.2. The Hall–Kier alpha value is -2.29. The molecule has 2 N–H and O–H groups in total. The molecule has 0 spiro atoms. The summed E-state index contributed by atoms with van der Waals surface area (Å²) in [7, 11) is 0. The van der Waals surface area contributed by atoms with Crippen LogP contribution >= 0.6 is 0 Å². The van der Waals surface area contributed by atoms with Crippen LogP contribution < -0.4 is 5.32 Å². The largest absolute Gasteiger partial charge is 0.481 e. The quantitative estimate of drug-likeness (QED) is 0.883. The summed E-state index contributed by atoms with van der Waals surface area (Å²) in [5.74, 6) is -0.792. The minimum Gasteiger partial charge on any atom is -0.481 e. The normalized spacial score (nSPS) is 13.0. The smallest absolute Gasteiger partial charge is 0.307 e. The van der Waals surface area contributed by atoms with Gasteiger partial charge in [-0.2, -0.15) is 0 Å². The van der Waals surface area contributed by atoms with Gasteiger partial charge in [0.1, 0.15) is 0 Å². The number of aliphatic carboxylic acids is 1. The van der Waals surface area contributed by atoms with E-state index in [1.165, 1.54) is 30.4 Å². The van der Waals surface area contributed by atoms with Gasteiger partial charge in [0.2, 0.25) is 0 Å². The third-order valence-electron chi connectivity index (χ3n) is 4.04. The minimum atomic E-state index is -0.792. The monoisotopic (exact) mass is 281 g/mol. The van der Waals surface area contributed by atoms with E-state index in [9.17, 15) is 4.79 Å². The van der Waals surface area contributed by atoms with Crippen molar-refractivity contribution in [3.8, 4) is 0 Å². The molecule has 3 nitrogen and oxygen atoms in total. The second-order valence-corrected chi connectivity index (χ2v) is 5.53. The Kier molecular flexibility index (Phi) is 3.91. The Balaban J connectivity index is 1.71. The Morgan fingerprint density at radius 2 is 1.81 bits per heavy atom. The van der Waals surface area contributed by atoms with Crippen molar-refractivity contribution in [2.45, 2.75) is 32.2 Å². The van der Waals surface area contributed by atoms with Gasteiger partial charge in [-0.3, -0.25) is 4.79 Å². The Labute approximate surface area is 124 Å². The summed E-state index contributed by atoms with van der Waals surface area (Å²) in [5.41, 5.74) is 5.94. The molecule has 0 fully saturated rings. The van der Waals surface area contributed by atoms with Crippen molar-refractivity contribution in [3.63, 3.8) is 0 Å². The summed E-state index contributed by atoms with van der Waals surface area (Å²) < 4.78 is 0. The zero-order chi connectivity index (χ0) is 14.7. The van der Waals surface area contributed by atoms with Crippen LogP contribution in [0.1, 0.15) is 28.7 Å². The van der Waals surface area contributed by atoms with Gasteiger partial charge in [0.15, 0.2) is 0 Å².